The molecule has 0 amide bonds. The Hall–Kier alpha value is -1.91. The van der Waals surface area contributed by atoms with Crippen LogP contribution in [0.3, 0.4) is 0 Å². The molecule has 2 rings (SSSR count). The Labute approximate surface area is 156 Å². The van der Waals surface area contributed by atoms with Gasteiger partial charge in [0.1, 0.15) is 5.75 Å². The zero-order valence-electron chi connectivity index (χ0n) is 16.2. The highest BCUT2D eigenvalue weighted by Crippen LogP contribution is 2.40. The molecular weight excluding hydrogens is 328 g/mol. The van der Waals surface area contributed by atoms with Gasteiger partial charge < -0.3 is 14.2 Å². The van der Waals surface area contributed by atoms with Crippen molar-refractivity contribution in [3.63, 3.8) is 0 Å². The molecule has 0 aromatic heterocycles. The minimum Gasteiger partial charge on any atom is -0.423 e. The third kappa shape index (κ3) is 5.29. The lowest BCUT2D eigenvalue weighted by Gasteiger charge is -2.30. The topological polar surface area (TPSA) is 44.8 Å². The van der Waals surface area contributed by atoms with Crippen LogP contribution in [0.25, 0.3) is 0 Å². The number of ether oxygens (including phenoxy) is 3. The van der Waals surface area contributed by atoms with Crippen molar-refractivity contribution in [2.75, 3.05) is 27.4 Å². The molecule has 0 heterocycles. The van der Waals surface area contributed by atoms with E-state index in [9.17, 15) is 4.79 Å². The number of rotatable bonds is 8. The van der Waals surface area contributed by atoms with Gasteiger partial charge in [0.05, 0.1) is 18.8 Å². The van der Waals surface area contributed by atoms with Crippen LogP contribution in [0.4, 0.5) is 0 Å². The average Bonchev–Trinajstić information content (AvgIpc) is 2.62. The Bertz CT molecular complexity index is 654. The van der Waals surface area contributed by atoms with E-state index in [0.717, 1.165) is 31.2 Å². The Morgan fingerprint density at radius 1 is 1.08 bits per heavy atom. The number of carbonyl (C=O) groups excluding carboxylic acids is 1. The molecule has 4 nitrogen and oxygen atoms in total. The lowest BCUT2D eigenvalue weighted by atomic mass is 9.75. The van der Waals surface area contributed by atoms with Crippen LogP contribution in [0.15, 0.2) is 42.5 Å². The van der Waals surface area contributed by atoms with E-state index in [4.69, 9.17) is 14.2 Å². The van der Waals surface area contributed by atoms with E-state index in [-0.39, 0.29) is 6.61 Å². The summed E-state index contributed by atoms with van der Waals surface area (Å²) in [4.78, 5) is 11.9. The predicted molar refractivity (Wildman–Crippen MR) is 104 cm³/mol. The summed E-state index contributed by atoms with van der Waals surface area (Å²) in [7, 11) is 3.25. The summed E-state index contributed by atoms with van der Waals surface area (Å²) in [5.74, 6) is 1.22. The maximum absolute atomic E-state index is 11.9. The second-order valence-corrected chi connectivity index (χ2v) is 7.08. The molecule has 0 N–H and O–H groups in total. The van der Waals surface area contributed by atoms with Crippen molar-refractivity contribution >= 4 is 5.97 Å². The first-order valence-corrected chi connectivity index (χ1v) is 9.12. The van der Waals surface area contributed by atoms with Crippen molar-refractivity contribution in [1.82, 2.24) is 0 Å². The molecule has 0 spiro atoms. The molecular formula is C22H30O4. The summed E-state index contributed by atoms with van der Waals surface area (Å²) >= 11 is 0. The number of benzene rings is 1. The highest BCUT2D eigenvalue weighted by atomic mass is 16.5. The molecule has 0 atom stereocenters. The fourth-order valence-corrected chi connectivity index (χ4v) is 3.70. The second kappa shape index (κ2) is 9.70. The van der Waals surface area contributed by atoms with Gasteiger partial charge in [-0.05, 0) is 73.3 Å². The van der Waals surface area contributed by atoms with E-state index in [1.54, 1.807) is 7.11 Å². The van der Waals surface area contributed by atoms with Gasteiger partial charge in [0.15, 0.2) is 0 Å². The number of hydrogen-bond donors (Lipinski definition) is 0. The molecule has 0 radical (unpaired) electrons. The van der Waals surface area contributed by atoms with Crippen LogP contribution < -0.4 is 4.74 Å². The molecule has 1 aromatic rings. The van der Waals surface area contributed by atoms with E-state index in [1.165, 1.54) is 18.2 Å². The van der Waals surface area contributed by atoms with Crippen molar-refractivity contribution in [3.8, 4) is 5.75 Å². The molecule has 0 aliphatic heterocycles. The van der Waals surface area contributed by atoms with Crippen LogP contribution >= 0.6 is 0 Å². The summed E-state index contributed by atoms with van der Waals surface area (Å²) in [6.45, 7) is 10.7. The first-order chi connectivity index (χ1) is 12.5. The fourth-order valence-electron chi connectivity index (χ4n) is 3.70. The smallest absolute Gasteiger partial charge is 0.341 e. The summed E-state index contributed by atoms with van der Waals surface area (Å²) in [5, 5.41) is 0. The van der Waals surface area contributed by atoms with E-state index >= 15 is 0 Å². The van der Waals surface area contributed by atoms with Gasteiger partial charge in [0, 0.05) is 14.2 Å². The summed E-state index contributed by atoms with van der Waals surface area (Å²) < 4.78 is 15.5. The zero-order valence-corrected chi connectivity index (χ0v) is 16.2. The van der Waals surface area contributed by atoms with Crippen LogP contribution in [0, 0.1) is 12.8 Å². The predicted octanol–water partition coefficient (Wildman–Crippen LogP) is 4.58. The molecule has 1 aromatic carbocycles. The Morgan fingerprint density at radius 3 is 2.31 bits per heavy atom. The van der Waals surface area contributed by atoms with Crippen LogP contribution in [0.1, 0.15) is 42.7 Å². The highest BCUT2D eigenvalue weighted by molar-refractivity contribution is 5.89. The molecule has 1 saturated carbocycles. The summed E-state index contributed by atoms with van der Waals surface area (Å²) in [6.07, 6.45) is 4.61. The maximum Gasteiger partial charge on any atom is 0.341 e. The van der Waals surface area contributed by atoms with E-state index in [2.05, 4.69) is 26.1 Å². The van der Waals surface area contributed by atoms with Crippen LogP contribution in [0.5, 0.6) is 5.75 Å². The number of methoxy groups -OCH3 is 2. The number of hydrogen-bond acceptors (Lipinski definition) is 4. The zero-order chi connectivity index (χ0) is 19.1. The van der Waals surface area contributed by atoms with Crippen molar-refractivity contribution < 1.29 is 19.0 Å². The monoisotopic (exact) mass is 358 g/mol. The number of carbonyl (C=O) groups is 1. The first kappa shape index (κ1) is 20.4. The summed E-state index contributed by atoms with van der Waals surface area (Å²) in [5.41, 5.74) is 4.02. The Balaban J connectivity index is 1.97. The van der Waals surface area contributed by atoms with Gasteiger partial charge in [-0.2, -0.15) is 0 Å². The molecule has 26 heavy (non-hydrogen) atoms. The van der Waals surface area contributed by atoms with E-state index in [1.807, 2.05) is 12.1 Å². The van der Waals surface area contributed by atoms with Gasteiger partial charge in [-0.1, -0.05) is 19.2 Å². The SMILES string of the molecule is C=C(COC)C(=O)Oc1ccc(C2CCC(C(=C)COC)CC2)c(C)c1. The molecule has 0 unspecified atom stereocenters. The minimum absolute atomic E-state index is 0.174. The lowest BCUT2D eigenvalue weighted by Crippen LogP contribution is -2.17. The van der Waals surface area contributed by atoms with Crippen molar-refractivity contribution in [2.45, 2.75) is 38.5 Å². The average molecular weight is 358 g/mol. The number of aryl methyl sites for hydroxylation is 1. The van der Waals surface area contributed by atoms with Gasteiger partial charge in [0.2, 0.25) is 0 Å². The van der Waals surface area contributed by atoms with E-state index in [0.29, 0.717) is 29.8 Å². The fraction of sp³-hybridized carbons (Fsp3) is 0.500. The quantitative estimate of drug-likeness (QED) is 0.295. The third-order valence-corrected chi connectivity index (χ3v) is 5.13. The third-order valence-electron chi connectivity index (χ3n) is 5.13. The van der Waals surface area contributed by atoms with Gasteiger partial charge in [-0.25, -0.2) is 4.79 Å². The van der Waals surface area contributed by atoms with Gasteiger partial charge in [-0.3, -0.25) is 0 Å². The number of esters is 1. The largest absolute Gasteiger partial charge is 0.423 e. The second-order valence-electron chi connectivity index (χ2n) is 7.08. The Morgan fingerprint density at radius 2 is 1.73 bits per heavy atom. The molecule has 4 heteroatoms. The molecule has 1 aliphatic rings. The van der Waals surface area contributed by atoms with E-state index < -0.39 is 5.97 Å². The van der Waals surface area contributed by atoms with Gasteiger partial charge in [0.25, 0.3) is 0 Å². The molecule has 0 saturated heterocycles. The van der Waals surface area contributed by atoms with Gasteiger partial charge >= 0.3 is 5.97 Å². The van der Waals surface area contributed by atoms with Crippen LogP contribution in [0.2, 0.25) is 0 Å². The van der Waals surface area contributed by atoms with Crippen LogP contribution in [-0.2, 0) is 14.3 Å². The normalized spacial score (nSPS) is 19.8. The lowest BCUT2D eigenvalue weighted by molar-refractivity contribution is -0.130. The molecule has 1 fully saturated rings. The van der Waals surface area contributed by atoms with Crippen LogP contribution in [-0.4, -0.2) is 33.4 Å². The maximum atomic E-state index is 11.9. The Kier molecular flexibility index (Phi) is 7.61. The van der Waals surface area contributed by atoms with Crippen molar-refractivity contribution in [1.29, 1.82) is 0 Å². The molecule has 0 bridgehead atoms. The standard InChI is InChI=1S/C22H30O4/c1-15-12-20(26-22(23)17(3)14-25-5)10-11-21(15)19-8-6-18(7-9-19)16(2)13-24-4/h10-12,18-19H,2-3,6-9,13-14H2,1,4-5H3. The van der Waals surface area contributed by atoms with Crippen molar-refractivity contribution in [2.24, 2.45) is 5.92 Å². The molecule has 1 aliphatic carbocycles. The summed E-state index contributed by atoms with van der Waals surface area (Å²) in [6, 6.07) is 5.89. The van der Waals surface area contributed by atoms with Crippen molar-refractivity contribution in [3.05, 3.63) is 53.6 Å². The molecule has 142 valence electrons. The minimum atomic E-state index is -0.448. The van der Waals surface area contributed by atoms with Gasteiger partial charge in [-0.15, -0.1) is 0 Å². The highest BCUT2D eigenvalue weighted by Gasteiger charge is 2.25. The first-order valence-electron chi connectivity index (χ1n) is 9.12.